The van der Waals surface area contributed by atoms with Gasteiger partial charge in [0, 0.05) is 6.54 Å². The van der Waals surface area contributed by atoms with E-state index in [9.17, 15) is 0 Å². The second-order valence-corrected chi connectivity index (χ2v) is 4.75. The molecule has 0 aliphatic heterocycles. The molecule has 0 atom stereocenters. The van der Waals surface area contributed by atoms with Gasteiger partial charge in [0.05, 0.1) is 16.7 Å². The predicted octanol–water partition coefficient (Wildman–Crippen LogP) is 3.05. The number of nitrogens with zero attached hydrogens (tertiary/aromatic N) is 2. The van der Waals surface area contributed by atoms with E-state index >= 15 is 0 Å². The van der Waals surface area contributed by atoms with E-state index in [4.69, 9.17) is 0 Å². The zero-order chi connectivity index (χ0) is 13.2. The van der Waals surface area contributed by atoms with Gasteiger partial charge in [-0.2, -0.15) is 0 Å². The lowest BCUT2D eigenvalue weighted by Gasteiger charge is -2.10. The van der Waals surface area contributed by atoms with E-state index in [-0.39, 0.29) is 0 Å². The van der Waals surface area contributed by atoms with Gasteiger partial charge in [-0.05, 0) is 43.3 Å². The summed E-state index contributed by atoms with van der Waals surface area (Å²) >= 11 is 0. The summed E-state index contributed by atoms with van der Waals surface area (Å²) < 4.78 is 2.16. The summed E-state index contributed by atoms with van der Waals surface area (Å²) in [7, 11) is 1.96. The molecule has 1 N–H and O–H groups in total. The van der Waals surface area contributed by atoms with E-state index in [0.717, 1.165) is 17.6 Å². The summed E-state index contributed by atoms with van der Waals surface area (Å²) in [5.74, 6) is 0. The molecular formula is C16H17N3. The molecule has 0 unspecified atom stereocenters. The van der Waals surface area contributed by atoms with Gasteiger partial charge < -0.3 is 5.32 Å². The Morgan fingerprint density at radius 2 is 2.00 bits per heavy atom. The van der Waals surface area contributed by atoms with Crippen molar-refractivity contribution in [3.63, 3.8) is 0 Å². The van der Waals surface area contributed by atoms with Crippen LogP contribution < -0.4 is 5.32 Å². The topological polar surface area (TPSA) is 29.9 Å². The van der Waals surface area contributed by atoms with E-state index < -0.39 is 0 Å². The fourth-order valence-electron chi connectivity index (χ4n) is 2.38. The zero-order valence-electron chi connectivity index (χ0n) is 11.2. The summed E-state index contributed by atoms with van der Waals surface area (Å²) in [5, 5.41) is 3.19. The predicted molar refractivity (Wildman–Crippen MR) is 78.6 cm³/mol. The second kappa shape index (κ2) is 4.86. The smallest absolute Gasteiger partial charge is 0.100 e. The Hall–Kier alpha value is -2.13. The highest BCUT2D eigenvalue weighted by Crippen LogP contribution is 2.21. The quantitative estimate of drug-likeness (QED) is 0.775. The maximum absolute atomic E-state index is 4.46. The third kappa shape index (κ3) is 2.13. The van der Waals surface area contributed by atoms with Crippen LogP contribution in [0.3, 0.4) is 0 Å². The van der Waals surface area contributed by atoms with Crippen molar-refractivity contribution in [1.29, 1.82) is 0 Å². The van der Waals surface area contributed by atoms with Crippen molar-refractivity contribution >= 4 is 11.0 Å². The molecule has 0 aliphatic rings. The SMILES string of the molecule is CNCc1ccc(C)c(-n2cnc3ccccc32)c1. The summed E-state index contributed by atoms with van der Waals surface area (Å²) in [6.07, 6.45) is 1.90. The van der Waals surface area contributed by atoms with Crippen molar-refractivity contribution in [3.05, 3.63) is 59.9 Å². The Balaban J connectivity index is 2.17. The number of para-hydroxylation sites is 2. The number of hydrogen-bond donors (Lipinski definition) is 1. The molecule has 19 heavy (non-hydrogen) atoms. The maximum atomic E-state index is 4.46. The molecule has 0 bridgehead atoms. The second-order valence-electron chi connectivity index (χ2n) is 4.75. The number of aryl methyl sites for hydroxylation is 1. The molecule has 1 heterocycles. The highest BCUT2D eigenvalue weighted by atomic mass is 15.0. The van der Waals surface area contributed by atoms with Crippen LogP contribution in [0.15, 0.2) is 48.8 Å². The Bertz CT molecular complexity index is 713. The summed E-state index contributed by atoms with van der Waals surface area (Å²) in [6.45, 7) is 3.01. The van der Waals surface area contributed by atoms with Crippen molar-refractivity contribution in [2.75, 3.05) is 7.05 Å². The first-order valence-corrected chi connectivity index (χ1v) is 6.46. The van der Waals surface area contributed by atoms with Gasteiger partial charge >= 0.3 is 0 Å². The van der Waals surface area contributed by atoms with Crippen LogP contribution in [0.4, 0.5) is 0 Å². The molecule has 3 rings (SSSR count). The number of imidazole rings is 1. The van der Waals surface area contributed by atoms with Crippen LogP contribution in [-0.2, 0) is 6.54 Å². The summed E-state index contributed by atoms with van der Waals surface area (Å²) in [6, 6.07) is 14.8. The molecule has 0 saturated carbocycles. The standard InChI is InChI=1S/C16H17N3/c1-12-7-8-13(10-17-2)9-16(12)19-11-18-14-5-3-4-6-15(14)19/h3-9,11,17H,10H2,1-2H3. The van der Waals surface area contributed by atoms with Crippen LogP contribution in [0.5, 0.6) is 0 Å². The van der Waals surface area contributed by atoms with Gasteiger partial charge in [-0.1, -0.05) is 24.3 Å². The molecule has 1 aromatic heterocycles. The molecule has 3 aromatic rings. The molecule has 0 saturated heterocycles. The average molecular weight is 251 g/mol. The fourth-order valence-corrected chi connectivity index (χ4v) is 2.38. The van der Waals surface area contributed by atoms with Crippen LogP contribution in [0.2, 0.25) is 0 Å². The third-order valence-electron chi connectivity index (χ3n) is 3.37. The fraction of sp³-hybridized carbons (Fsp3) is 0.188. The Morgan fingerprint density at radius 1 is 1.16 bits per heavy atom. The number of fused-ring (bicyclic) bond motifs is 1. The normalized spacial score (nSPS) is 11.1. The first-order chi connectivity index (χ1) is 9.29. The van der Waals surface area contributed by atoms with Gasteiger partial charge in [-0.15, -0.1) is 0 Å². The highest BCUT2D eigenvalue weighted by molar-refractivity contribution is 5.77. The molecule has 96 valence electrons. The molecule has 3 nitrogen and oxygen atoms in total. The van der Waals surface area contributed by atoms with Crippen molar-refractivity contribution < 1.29 is 0 Å². The minimum atomic E-state index is 0.875. The number of hydrogen-bond acceptors (Lipinski definition) is 2. The number of rotatable bonds is 3. The van der Waals surface area contributed by atoms with Crippen LogP contribution in [0, 0.1) is 6.92 Å². The summed E-state index contributed by atoms with van der Waals surface area (Å²) in [4.78, 5) is 4.46. The molecule has 0 aliphatic carbocycles. The van der Waals surface area contributed by atoms with Gasteiger partial charge in [-0.25, -0.2) is 4.98 Å². The van der Waals surface area contributed by atoms with E-state index in [2.05, 4.69) is 46.1 Å². The molecule has 0 fully saturated rings. The largest absolute Gasteiger partial charge is 0.316 e. The molecule has 2 aromatic carbocycles. The van der Waals surface area contributed by atoms with Gasteiger partial charge in [0.2, 0.25) is 0 Å². The first-order valence-electron chi connectivity index (χ1n) is 6.46. The van der Waals surface area contributed by atoms with Gasteiger partial charge in [0.25, 0.3) is 0 Å². The zero-order valence-corrected chi connectivity index (χ0v) is 11.2. The highest BCUT2D eigenvalue weighted by Gasteiger charge is 2.07. The van der Waals surface area contributed by atoms with Crippen molar-refractivity contribution in [2.24, 2.45) is 0 Å². The van der Waals surface area contributed by atoms with E-state index in [1.165, 1.54) is 16.8 Å². The molecule has 0 amide bonds. The van der Waals surface area contributed by atoms with Gasteiger partial charge in [-0.3, -0.25) is 4.57 Å². The van der Waals surface area contributed by atoms with Gasteiger partial charge in [0.1, 0.15) is 6.33 Å². The van der Waals surface area contributed by atoms with Crippen molar-refractivity contribution in [1.82, 2.24) is 14.9 Å². The molecule has 0 spiro atoms. The Labute approximate surface area is 112 Å². The average Bonchev–Trinajstić information content (AvgIpc) is 2.85. The Kier molecular flexibility index (Phi) is 3.05. The van der Waals surface area contributed by atoms with Crippen LogP contribution >= 0.6 is 0 Å². The first kappa shape index (κ1) is 11.9. The van der Waals surface area contributed by atoms with E-state index in [1.807, 2.05) is 31.6 Å². The number of aromatic nitrogens is 2. The van der Waals surface area contributed by atoms with Crippen molar-refractivity contribution in [3.8, 4) is 5.69 Å². The van der Waals surface area contributed by atoms with E-state index in [1.54, 1.807) is 0 Å². The van der Waals surface area contributed by atoms with Crippen LogP contribution in [0.1, 0.15) is 11.1 Å². The Morgan fingerprint density at radius 3 is 2.84 bits per heavy atom. The van der Waals surface area contributed by atoms with Crippen LogP contribution in [0.25, 0.3) is 16.7 Å². The lowest BCUT2D eigenvalue weighted by Crippen LogP contribution is -2.06. The minimum absolute atomic E-state index is 0.875. The molecule has 3 heteroatoms. The number of nitrogens with one attached hydrogen (secondary N) is 1. The van der Waals surface area contributed by atoms with Gasteiger partial charge in [0.15, 0.2) is 0 Å². The molecule has 0 radical (unpaired) electrons. The van der Waals surface area contributed by atoms with Crippen molar-refractivity contribution in [2.45, 2.75) is 13.5 Å². The lowest BCUT2D eigenvalue weighted by molar-refractivity contribution is 0.816. The van der Waals surface area contributed by atoms with E-state index in [0.29, 0.717) is 0 Å². The monoisotopic (exact) mass is 251 g/mol. The number of benzene rings is 2. The van der Waals surface area contributed by atoms with Crippen LogP contribution in [-0.4, -0.2) is 16.6 Å². The summed E-state index contributed by atoms with van der Waals surface area (Å²) in [5.41, 5.74) is 5.90. The minimum Gasteiger partial charge on any atom is -0.316 e. The maximum Gasteiger partial charge on any atom is 0.100 e. The third-order valence-corrected chi connectivity index (χ3v) is 3.37. The lowest BCUT2D eigenvalue weighted by atomic mass is 10.1. The molecular weight excluding hydrogens is 234 g/mol.